The third-order valence-corrected chi connectivity index (χ3v) is 3.18. The molecular weight excluding hydrogens is 265 g/mol. The third-order valence-electron chi connectivity index (χ3n) is 3.18. The number of amides is 1. The lowest BCUT2D eigenvalue weighted by Crippen LogP contribution is -2.44. The number of aromatic nitrogens is 1. The van der Waals surface area contributed by atoms with Crippen molar-refractivity contribution in [2.75, 3.05) is 18.4 Å². The molecular formula is C13H16FN3O3. The van der Waals surface area contributed by atoms with Crippen molar-refractivity contribution in [3.63, 3.8) is 0 Å². The molecule has 1 aliphatic rings. The van der Waals surface area contributed by atoms with Gasteiger partial charge in [-0.3, -0.25) is 9.59 Å². The zero-order chi connectivity index (χ0) is 14.5. The van der Waals surface area contributed by atoms with Crippen molar-refractivity contribution in [1.82, 2.24) is 9.88 Å². The molecule has 1 aliphatic heterocycles. The summed E-state index contributed by atoms with van der Waals surface area (Å²) < 4.78 is 13.5. The van der Waals surface area contributed by atoms with E-state index in [0.717, 1.165) is 12.8 Å². The molecule has 6 nitrogen and oxygen atoms in total. The number of carboxylic acids is 1. The highest BCUT2D eigenvalue weighted by atomic mass is 19.1. The van der Waals surface area contributed by atoms with Crippen molar-refractivity contribution in [2.45, 2.75) is 25.3 Å². The van der Waals surface area contributed by atoms with Crippen LogP contribution in [0.2, 0.25) is 0 Å². The second kappa shape index (κ2) is 6.31. The Labute approximate surface area is 115 Å². The molecule has 1 fully saturated rings. The summed E-state index contributed by atoms with van der Waals surface area (Å²) in [6.07, 6.45) is 3.47. The number of hydrogen-bond donors (Lipinski definition) is 2. The highest BCUT2D eigenvalue weighted by molar-refractivity contribution is 5.87. The summed E-state index contributed by atoms with van der Waals surface area (Å²) in [5.74, 6) is -1.89. The first-order valence-corrected chi connectivity index (χ1v) is 6.45. The Kier molecular flexibility index (Phi) is 4.49. The molecule has 0 radical (unpaired) electrons. The summed E-state index contributed by atoms with van der Waals surface area (Å²) in [5, 5.41) is 11.6. The van der Waals surface area contributed by atoms with Crippen LogP contribution in [0.25, 0.3) is 0 Å². The van der Waals surface area contributed by atoms with Gasteiger partial charge in [0.1, 0.15) is 12.6 Å². The van der Waals surface area contributed by atoms with Gasteiger partial charge in [-0.1, -0.05) is 0 Å². The molecule has 2 rings (SSSR count). The molecule has 0 aliphatic carbocycles. The number of likely N-dealkylation sites (tertiary alicyclic amines) is 1. The predicted molar refractivity (Wildman–Crippen MR) is 69.7 cm³/mol. The molecule has 108 valence electrons. The van der Waals surface area contributed by atoms with Gasteiger partial charge >= 0.3 is 5.97 Å². The zero-order valence-electron chi connectivity index (χ0n) is 10.9. The van der Waals surface area contributed by atoms with E-state index in [2.05, 4.69) is 10.3 Å². The van der Waals surface area contributed by atoms with Crippen LogP contribution < -0.4 is 5.32 Å². The second-order valence-corrected chi connectivity index (χ2v) is 4.68. The fourth-order valence-electron chi connectivity index (χ4n) is 2.22. The molecule has 1 amide bonds. The maximum absolute atomic E-state index is 13.5. The Morgan fingerprint density at radius 2 is 2.35 bits per heavy atom. The molecule has 0 bridgehead atoms. The van der Waals surface area contributed by atoms with Crippen LogP contribution >= 0.6 is 0 Å². The van der Waals surface area contributed by atoms with E-state index in [0.29, 0.717) is 13.0 Å². The van der Waals surface area contributed by atoms with Gasteiger partial charge in [-0.2, -0.15) is 0 Å². The number of halogens is 1. The van der Waals surface area contributed by atoms with E-state index in [1.807, 2.05) is 0 Å². The van der Waals surface area contributed by atoms with Crippen molar-refractivity contribution >= 4 is 17.7 Å². The molecule has 1 saturated heterocycles. The monoisotopic (exact) mass is 281 g/mol. The van der Waals surface area contributed by atoms with Crippen molar-refractivity contribution in [3.8, 4) is 0 Å². The van der Waals surface area contributed by atoms with E-state index in [1.54, 1.807) is 0 Å². The van der Waals surface area contributed by atoms with Crippen LogP contribution in [0.3, 0.4) is 0 Å². The summed E-state index contributed by atoms with van der Waals surface area (Å²) in [7, 11) is 0. The van der Waals surface area contributed by atoms with Crippen LogP contribution in [-0.4, -0.2) is 46.0 Å². The summed E-state index contributed by atoms with van der Waals surface area (Å²) in [6, 6.07) is 2.08. The van der Waals surface area contributed by atoms with Gasteiger partial charge in [0.15, 0.2) is 11.6 Å². The molecule has 1 unspecified atom stereocenters. The molecule has 2 heterocycles. The predicted octanol–water partition coefficient (Wildman–Crippen LogP) is 1.10. The number of rotatable bonds is 4. The number of nitrogens with one attached hydrogen (secondary N) is 1. The first-order valence-electron chi connectivity index (χ1n) is 6.45. The summed E-state index contributed by atoms with van der Waals surface area (Å²) in [6.45, 7) is 0.0791. The van der Waals surface area contributed by atoms with Crippen LogP contribution in [-0.2, 0) is 9.59 Å². The van der Waals surface area contributed by atoms with Gasteiger partial charge in [0.05, 0.1) is 0 Å². The molecule has 0 aromatic carbocycles. The molecule has 7 heteroatoms. The second-order valence-electron chi connectivity index (χ2n) is 4.68. The summed E-state index contributed by atoms with van der Waals surface area (Å²) in [5.41, 5.74) is 0. The number of aliphatic carboxylic acids is 1. The van der Waals surface area contributed by atoms with Crippen LogP contribution in [0.4, 0.5) is 10.2 Å². The molecule has 0 spiro atoms. The lowest BCUT2D eigenvalue weighted by Gasteiger charge is -2.23. The third kappa shape index (κ3) is 3.43. The number of carbonyl (C=O) groups excluding carboxylic acids is 1. The largest absolute Gasteiger partial charge is 0.480 e. The molecule has 1 aromatic heterocycles. The van der Waals surface area contributed by atoms with E-state index in [4.69, 9.17) is 5.11 Å². The SMILES string of the molecule is O=C(O)CN1CCCCC(Nc2ncccc2F)C1=O. The maximum atomic E-state index is 13.5. The molecule has 1 aromatic rings. The fourth-order valence-corrected chi connectivity index (χ4v) is 2.22. The van der Waals surface area contributed by atoms with Gasteiger partial charge in [-0.25, -0.2) is 9.37 Å². The Hall–Kier alpha value is -2.18. The number of carboxylic acid groups (broad SMARTS) is 1. The Morgan fingerprint density at radius 3 is 3.05 bits per heavy atom. The number of pyridine rings is 1. The molecule has 1 atom stereocenters. The average molecular weight is 281 g/mol. The summed E-state index contributed by atoms with van der Waals surface area (Å²) in [4.78, 5) is 28.1. The van der Waals surface area contributed by atoms with Crippen molar-refractivity contribution < 1.29 is 19.1 Å². The number of anilines is 1. The van der Waals surface area contributed by atoms with Gasteiger partial charge in [0.25, 0.3) is 0 Å². The first-order chi connectivity index (χ1) is 9.58. The van der Waals surface area contributed by atoms with E-state index in [9.17, 15) is 14.0 Å². The van der Waals surface area contributed by atoms with E-state index < -0.39 is 17.8 Å². The van der Waals surface area contributed by atoms with Crippen LogP contribution in [0.1, 0.15) is 19.3 Å². The number of nitrogens with zero attached hydrogens (tertiary/aromatic N) is 2. The van der Waals surface area contributed by atoms with Gasteiger partial charge < -0.3 is 15.3 Å². The van der Waals surface area contributed by atoms with Gasteiger partial charge in [-0.15, -0.1) is 0 Å². The lowest BCUT2D eigenvalue weighted by molar-refractivity contribution is -0.144. The van der Waals surface area contributed by atoms with E-state index in [-0.39, 0.29) is 18.3 Å². The van der Waals surface area contributed by atoms with E-state index >= 15 is 0 Å². The fraction of sp³-hybridized carbons (Fsp3) is 0.462. The van der Waals surface area contributed by atoms with Crippen LogP contribution in [0.5, 0.6) is 0 Å². The quantitative estimate of drug-likeness (QED) is 0.863. The molecule has 0 saturated carbocycles. The van der Waals surface area contributed by atoms with Crippen molar-refractivity contribution in [1.29, 1.82) is 0 Å². The summed E-state index contributed by atoms with van der Waals surface area (Å²) >= 11 is 0. The van der Waals surface area contributed by atoms with Crippen molar-refractivity contribution in [2.24, 2.45) is 0 Å². The minimum atomic E-state index is -1.05. The van der Waals surface area contributed by atoms with Crippen molar-refractivity contribution in [3.05, 3.63) is 24.1 Å². The first kappa shape index (κ1) is 14.2. The highest BCUT2D eigenvalue weighted by Gasteiger charge is 2.28. The van der Waals surface area contributed by atoms with Gasteiger partial charge in [0.2, 0.25) is 5.91 Å². The number of hydrogen-bond acceptors (Lipinski definition) is 4. The topological polar surface area (TPSA) is 82.5 Å². The lowest BCUT2D eigenvalue weighted by atomic mass is 10.1. The minimum absolute atomic E-state index is 0.0167. The Bertz CT molecular complexity index is 509. The van der Waals surface area contributed by atoms with Crippen LogP contribution in [0, 0.1) is 5.82 Å². The number of carbonyl (C=O) groups is 2. The Morgan fingerprint density at radius 1 is 1.55 bits per heavy atom. The Balaban J connectivity index is 2.11. The van der Waals surface area contributed by atoms with Crippen LogP contribution in [0.15, 0.2) is 18.3 Å². The van der Waals surface area contributed by atoms with E-state index in [1.165, 1.54) is 23.2 Å². The van der Waals surface area contributed by atoms with Gasteiger partial charge in [0, 0.05) is 12.7 Å². The van der Waals surface area contributed by atoms with Gasteiger partial charge in [-0.05, 0) is 31.4 Å². The standard InChI is InChI=1S/C13H16FN3O3/c14-9-4-3-6-15-12(9)16-10-5-1-2-7-17(13(10)20)8-11(18)19/h3-4,6,10H,1-2,5,7-8H2,(H,15,16)(H,18,19). The molecule has 20 heavy (non-hydrogen) atoms. The minimum Gasteiger partial charge on any atom is -0.480 e. The normalized spacial score (nSPS) is 19.6. The highest BCUT2D eigenvalue weighted by Crippen LogP contribution is 2.17. The molecule has 2 N–H and O–H groups in total. The zero-order valence-corrected chi connectivity index (χ0v) is 10.9. The average Bonchev–Trinajstić information content (AvgIpc) is 2.56. The maximum Gasteiger partial charge on any atom is 0.323 e. The smallest absolute Gasteiger partial charge is 0.323 e.